The van der Waals surface area contributed by atoms with Gasteiger partial charge < -0.3 is 28.8 Å². The van der Waals surface area contributed by atoms with E-state index in [2.05, 4.69) is 20.9 Å². The van der Waals surface area contributed by atoms with E-state index in [1.165, 1.54) is 11.5 Å². The van der Waals surface area contributed by atoms with Crippen molar-refractivity contribution in [1.29, 1.82) is 0 Å². The van der Waals surface area contributed by atoms with E-state index < -0.39 is 72.9 Å². The topological polar surface area (TPSA) is 169 Å². The number of fused-ring (bicyclic) bond motifs is 2. The van der Waals surface area contributed by atoms with Gasteiger partial charge in [-0.3, -0.25) is 28.5 Å². The van der Waals surface area contributed by atoms with Gasteiger partial charge in [0.15, 0.2) is 24.5 Å². The van der Waals surface area contributed by atoms with Crippen molar-refractivity contribution in [3.63, 3.8) is 0 Å². The van der Waals surface area contributed by atoms with Crippen LogP contribution in [0.5, 0.6) is 5.88 Å². The number of hydrogen-bond donors (Lipinski definition) is 1. The third kappa shape index (κ3) is 5.82. The number of benzene rings is 2. The van der Waals surface area contributed by atoms with Crippen LogP contribution < -0.4 is 10.6 Å². The third-order valence-corrected chi connectivity index (χ3v) is 7.51. The van der Waals surface area contributed by atoms with Crippen LogP contribution in [0, 0.1) is 0 Å². The molecule has 44 heavy (non-hydrogen) atoms. The van der Waals surface area contributed by atoms with Gasteiger partial charge in [0.25, 0.3) is 5.91 Å². The minimum atomic E-state index is -1.49. The summed E-state index contributed by atoms with van der Waals surface area (Å²) in [5.41, 5.74) is 0.602. The van der Waals surface area contributed by atoms with E-state index in [0.29, 0.717) is 26.0 Å². The lowest BCUT2D eigenvalue weighted by Crippen LogP contribution is -2.60. The first kappa shape index (κ1) is 30.9. The summed E-state index contributed by atoms with van der Waals surface area (Å²) < 4.78 is 30.0. The number of ether oxygens (including phenoxy) is 5. The lowest BCUT2D eigenvalue weighted by atomic mass is 9.97. The van der Waals surface area contributed by atoms with Crippen molar-refractivity contribution in [2.45, 2.75) is 58.3 Å². The molecule has 1 N–H and O–H groups in total. The number of hydrogen-bond acceptors (Lipinski definition) is 11. The van der Waals surface area contributed by atoms with Gasteiger partial charge in [-0.15, -0.1) is 0 Å². The number of halogens is 1. The van der Waals surface area contributed by atoms with Crippen LogP contribution in [0.4, 0.5) is 0 Å². The fourth-order valence-corrected chi connectivity index (χ4v) is 5.86. The highest BCUT2D eigenvalue weighted by Crippen LogP contribution is 2.44. The van der Waals surface area contributed by atoms with E-state index in [4.69, 9.17) is 23.7 Å². The maximum absolute atomic E-state index is 13.2. The van der Waals surface area contributed by atoms with Crippen molar-refractivity contribution >= 4 is 62.2 Å². The van der Waals surface area contributed by atoms with E-state index in [1.807, 2.05) is 0 Å². The summed E-state index contributed by atoms with van der Waals surface area (Å²) in [5.74, 6) is -4.07. The van der Waals surface area contributed by atoms with Gasteiger partial charge in [0.1, 0.15) is 12.7 Å². The minimum Gasteiger partial charge on any atom is -0.494 e. The zero-order chi connectivity index (χ0) is 31.9. The Morgan fingerprint density at radius 2 is 1.55 bits per heavy atom. The summed E-state index contributed by atoms with van der Waals surface area (Å²) in [6.45, 7) is 4.07. The Labute approximate surface area is 258 Å². The molecule has 230 valence electrons. The molecule has 0 bridgehead atoms. The van der Waals surface area contributed by atoms with Crippen molar-refractivity contribution in [1.82, 2.24) is 4.57 Å². The largest absolute Gasteiger partial charge is 0.494 e. The Kier molecular flexibility index (Phi) is 8.57. The van der Waals surface area contributed by atoms with E-state index in [-0.39, 0.29) is 11.1 Å². The number of nitrogens with zero attached hydrogens (tertiary/aromatic N) is 2. The Bertz CT molecular complexity index is 1830. The second-order valence-corrected chi connectivity index (χ2v) is 11.0. The fraction of sp³-hybridized carbons (Fsp3) is 0.333. The van der Waals surface area contributed by atoms with E-state index in [1.54, 1.807) is 42.5 Å². The molecule has 1 aromatic heterocycles. The monoisotopic (exact) mass is 670 g/mol. The maximum atomic E-state index is 13.2. The molecule has 13 nitrogen and oxygen atoms in total. The number of aromatic nitrogens is 1. The van der Waals surface area contributed by atoms with Crippen molar-refractivity contribution in [2.75, 3.05) is 6.61 Å². The van der Waals surface area contributed by atoms with Crippen molar-refractivity contribution in [3.8, 4) is 5.88 Å². The fourth-order valence-electron chi connectivity index (χ4n) is 5.50. The van der Waals surface area contributed by atoms with Crippen molar-refractivity contribution in [2.24, 2.45) is 4.99 Å². The number of carbonyl (C=O) groups excluding carboxylic acids is 5. The van der Waals surface area contributed by atoms with Crippen LogP contribution in [0.15, 0.2) is 51.9 Å². The molecule has 5 atom stereocenters. The van der Waals surface area contributed by atoms with Crippen LogP contribution in [0.25, 0.3) is 16.5 Å². The molecular weight excluding hydrogens is 644 g/mol. The van der Waals surface area contributed by atoms with E-state index in [0.717, 1.165) is 20.8 Å². The quantitative estimate of drug-likeness (QED) is 0.287. The number of aromatic hydroxyl groups is 1. The summed E-state index contributed by atoms with van der Waals surface area (Å²) >= 11 is 3.44. The summed E-state index contributed by atoms with van der Waals surface area (Å²) in [7, 11) is 0. The SMILES string of the molecule is CC(=O)OC[C@H]1O[C@@H](n2c(O)c(C3=c4ccccc4=NC3=O)c3cc(Br)ccc32)[C@H](OC(C)=O)[C@@H](OC(C)=O)[C@@H]1OC(C)=O. The second-order valence-electron chi connectivity index (χ2n) is 10.1. The van der Waals surface area contributed by atoms with E-state index >= 15 is 0 Å². The molecule has 1 fully saturated rings. The molecule has 1 amide bonds. The Balaban J connectivity index is 1.78. The first-order chi connectivity index (χ1) is 20.9. The Morgan fingerprint density at radius 1 is 0.909 bits per heavy atom. The summed E-state index contributed by atoms with van der Waals surface area (Å²) in [5, 5.41) is 13.3. The van der Waals surface area contributed by atoms with Crippen LogP contribution in [0.1, 0.15) is 39.5 Å². The van der Waals surface area contributed by atoms with Crippen LogP contribution in [-0.4, -0.2) is 70.5 Å². The molecule has 2 aliphatic heterocycles. The van der Waals surface area contributed by atoms with Gasteiger partial charge in [0.05, 0.1) is 22.0 Å². The molecule has 2 aliphatic rings. The molecule has 0 radical (unpaired) electrons. The molecule has 1 saturated heterocycles. The highest BCUT2D eigenvalue weighted by atomic mass is 79.9. The second kappa shape index (κ2) is 12.2. The Hall–Kier alpha value is -4.56. The number of rotatable bonds is 7. The number of para-hydroxylation sites is 1. The normalized spacial score (nSPS) is 22.6. The molecule has 3 heterocycles. The number of esters is 4. The van der Waals surface area contributed by atoms with Crippen LogP contribution in [-0.2, 0) is 47.7 Å². The molecule has 0 aliphatic carbocycles. The third-order valence-electron chi connectivity index (χ3n) is 7.02. The zero-order valence-corrected chi connectivity index (χ0v) is 25.5. The van der Waals surface area contributed by atoms with Crippen molar-refractivity contribution in [3.05, 3.63) is 63.1 Å². The highest BCUT2D eigenvalue weighted by Gasteiger charge is 2.53. The van der Waals surface area contributed by atoms with Gasteiger partial charge in [-0.1, -0.05) is 34.1 Å². The molecule has 5 rings (SSSR count). The molecule has 14 heteroatoms. The van der Waals surface area contributed by atoms with Crippen molar-refractivity contribution < 1.29 is 52.8 Å². The van der Waals surface area contributed by atoms with Gasteiger partial charge in [0, 0.05) is 42.8 Å². The lowest BCUT2D eigenvalue weighted by Gasteiger charge is -2.45. The smallest absolute Gasteiger partial charge is 0.303 e. The van der Waals surface area contributed by atoms with Gasteiger partial charge in [0.2, 0.25) is 5.88 Å². The maximum Gasteiger partial charge on any atom is 0.303 e. The van der Waals surface area contributed by atoms with E-state index in [9.17, 15) is 29.1 Å². The zero-order valence-electron chi connectivity index (χ0n) is 23.9. The number of carbonyl (C=O) groups is 5. The molecule has 2 aromatic carbocycles. The predicted molar refractivity (Wildman–Crippen MR) is 153 cm³/mol. The van der Waals surface area contributed by atoms with Crippen LogP contribution >= 0.6 is 15.9 Å². The first-order valence-electron chi connectivity index (χ1n) is 13.4. The molecule has 0 saturated carbocycles. The lowest BCUT2D eigenvalue weighted by molar-refractivity contribution is -0.268. The molecule has 3 aromatic rings. The average molecular weight is 671 g/mol. The summed E-state index contributed by atoms with van der Waals surface area (Å²) in [6.07, 6.45) is -7.04. The molecule has 0 unspecified atom stereocenters. The highest BCUT2D eigenvalue weighted by molar-refractivity contribution is 9.10. The minimum absolute atomic E-state index is 0.130. The van der Waals surface area contributed by atoms with Crippen LogP contribution in [0.2, 0.25) is 0 Å². The number of amides is 1. The summed E-state index contributed by atoms with van der Waals surface area (Å²) in [4.78, 5) is 65.9. The van der Waals surface area contributed by atoms with Gasteiger partial charge in [-0.25, -0.2) is 4.99 Å². The predicted octanol–water partition coefficient (Wildman–Crippen LogP) is 1.72. The molecule has 0 spiro atoms. The van der Waals surface area contributed by atoms with Gasteiger partial charge in [-0.2, -0.15) is 0 Å². The molecular formula is C30H27BrN2O11. The summed E-state index contributed by atoms with van der Waals surface area (Å²) in [6, 6.07) is 11.9. The standard InChI is InChI=1S/C30H27BrN2O11/c1-13(34)40-12-22-25(41-14(2)35)26(42-15(3)36)27(43-16(4)37)30(44-22)33-21-10-9-17(31)11-19(21)24(29(33)39)23-18-7-5-6-8-20(18)32-28(23)38/h5-11,22,25-27,30,39H,12H2,1-4H3/t22-,25-,26+,27-,30-/m1/s1. The van der Waals surface area contributed by atoms with Gasteiger partial charge in [-0.05, 0) is 24.3 Å². The first-order valence-corrected chi connectivity index (χ1v) is 14.2. The van der Waals surface area contributed by atoms with Gasteiger partial charge >= 0.3 is 23.9 Å². The van der Waals surface area contributed by atoms with Crippen LogP contribution in [0.3, 0.4) is 0 Å². The Morgan fingerprint density at radius 3 is 2.20 bits per heavy atom. The average Bonchev–Trinajstić information content (AvgIpc) is 3.40.